The van der Waals surface area contributed by atoms with E-state index >= 15 is 0 Å². The first-order valence-electron chi connectivity index (χ1n) is 12.1. The highest BCUT2D eigenvalue weighted by Crippen LogP contribution is 2.26. The molecule has 0 aliphatic carbocycles. The second-order valence-electron chi connectivity index (χ2n) is 9.41. The van der Waals surface area contributed by atoms with Gasteiger partial charge in [-0.15, -0.1) is 0 Å². The molecule has 0 unspecified atom stereocenters. The summed E-state index contributed by atoms with van der Waals surface area (Å²) in [4.78, 5) is 34.7. The number of fused-ring (bicyclic) bond motifs is 1. The lowest BCUT2D eigenvalue weighted by molar-refractivity contribution is -0.192. The monoisotopic (exact) mass is 529 g/mol. The number of aryl methyl sites for hydroxylation is 1. The lowest BCUT2D eigenvalue weighted by Crippen LogP contribution is -2.48. The van der Waals surface area contributed by atoms with Crippen molar-refractivity contribution in [1.29, 1.82) is 0 Å². The summed E-state index contributed by atoms with van der Waals surface area (Å²) < 4.78 is 31.7. The maximum absolute atomic E-state index is 13.1. The molecule has 0 aromatic heterocycles. The molecule has 0 saturated carbocycles. The van der Waals surface area contributed by atoms with Gasteiger partial charge in [0.2, 0.25) is 5.91 Å². The van der Waals surface area contributed by atoms with Crippen molar-refractivity contribution in [1.82, 2.24) is 10.6 Å². The van der Waals surface area contributed by atoms with E-state index in [0.29, 0.717) is 11.3 Å². The molecule has 0 spiro atoms. The van der Waals surface area contributed by atoms with Crippen molar-refractivity contribution < 1.29 is 32.7 Å². The molecule has 2 atom stereocenters. The molecule has 10 heteroatoms. The third-order valence-electron chi connectivity index (χ3n) is 6.49. The average Bonchev–Trinajstić information content (AvgIpc) is 3.32. The summed E-state index contributed by atoms with van der Waals surface area (Å²) in [6.45, 7) is 6.66. The van der Waals surface area contributed by atoms with Crippen LogP contribution >= 0.6 is 0 Å². The van der Waals surface area contributed by atoms with Crippen LogP contribution in [-0.2, 0) is 9.59 Å². The fourth-order valence-electron chi connectivity index (χ4n) is 4.28. The number of nitrogens with one attached hydrogen (secondary N) is 3. The quantitative estimate of drug-likeness (QED) is 0.356. The molecule has 38 heavy (non-hydrogen) atoms. The highest BCUT2D eigenvalue weighted by molar-refractivity contribution is 6.01. The Morgan fingerprint density at radius 1 is 1.05 bits per heavy atom. The van der Waals surface area contributed by atoms with Crippen LogP contribution in [0.15, 0.2) is 60.7 Å². The molecule has 0 bridgehead atoms. The Hall–Kier alpha value is -3.92. The number of halogens is 3. The van der Waals surface area contributed by atoms with Gasteiger partial charge in [0.05, 0.1) is 11.6 Å². The Bertz CT molecular complexity index is 1330. The first kappa shape index (κ1) is 28.6. The van der Waals surface area contributed by atoms with Crippen molar-refractivity contribution in [2.24, 2.45) is 0 Å². The summed E-state index contributed by atoms with van der Waals surface area (Å²) >= 11 is 0. The van der Waals surface area contributed by atoms with Crippen LogP contribution in [0.25, 0.3) is 10.8 Å². The molecule has 1 aliphatic heterocycles. The Labute approximate surface area is 218 Å². The fraction of sp³-hybridized carbons (Fsp3) is 0.321. The summed E-state index contributed by atoms with van der Waals surface area (Å²) in [6, 6.07) is 19.6. The molecule has 202 valence electrons. The van der Waals surface area contributed by atoms with Crippen molar-refractivity contribution in [2.75, 3.05) is 11.9 Å². The number of carbonyl (C=O) groups excluding carboxylic acids is 2. The van der Waals surface area contributed by atoms with Crippen LogP contribution in [0.2, 0.25) is 0 Å². The van der Waals surface area contributed by atoms with Crippen LogP contribution in [0.4, 0.5) is 18.9 Å². The number of anilines is 1. The number of carboxylic acids is 1. The summed E-state index contributed by atoms with van der Waals surface area (Å²) in [7, 11) is 0. The highest BCUT2D eigenvalue weighted by Gasteiger charge is 2.38. The third kappa shape index (κ3) is 6.89. The van der Waals surface area contributed by atoms with Gasteiger partial charge in [0.1, 0.15) is 0 Å². The zero-order valence-electron chi connectivity index (χ0n) is 21.3. The maximum atomic E-state index is 13.1. The van der Waals surface area contributed by atoms with E-state index in [1.54, 1.807) is 6.07 Å². The number of hydrogen-bond acceptors (Lipinski definition) is 4. The first-order valence-corrected chi connectivity index (χ1v) is 12.1. The largest absolute Gasteiger partial charge is 0.490 e. The number of carbonyl (C=O) groups is 3. The number of hydrogen-bond donors (Lipinski definition) is 4. The molecule has 2 amide bonds. The number of amides is 2. The Morgan fingerprint density at radius 2 is 1.71 bits per heavy atom. The lowest BCUT2D eigenvalue weighted by Gasteiger charge is -2.23. The van der Waals surface area contributed by atoms with E-state index in [4.69, 9.17) is 9.90 Å². The first-order chi connectivity index (χ1) is 17.8. The van der Waals surface area contributed by atoms with Gasteiger partial charge in [-0.1, -0.05) is 48.5 Å². The van der Waals surface area contributed by atoms with Crippen molar-refractivity contribution in [3.8, 4) is 0 Å². The normalized spacial score (nSPS) is 17.7. The molecule has 4 N–H and O–H groups in total. The second kappa shape index (κ2) is 11.6. The van der Waals surface area contributed by atoms with Gasteiger partial charge in [-0.3, -0.25) is 9.59 Å². The van der Waals surface area contributed by atoms with Crippen LogP contribution in [0, 0.1) is 6.92 Å². The van der Waals surface area contributed by atoms with Crippen molar-refractivity contribution in [2.45, 2.75) is 51.4 Å². The van der Waals surface area contributed by atoms with Gasteiger partial charge >= 0.3 is 12.1 Å². The summed E-state index contributed by atoms with van der Waals surface area (Å²) in [5.74, 6) is -2.98. The topological polar surface area (TPSA) is 108 Å². The number of aliphatic carboxylic acids is 1. The molecular formula is C28H30F3N3O4. The van der Waals surface area contributed by atoms with Gasteiger partial charge in [-0.25, -0.2) is 4.79 Å². The number of alkyl halides is 3. The van der Waals surface area contributed by atoms with E-state index in [9.17, 15) is 22.8 Å². The van der Waals surface area contributed by atoms with Crippen LogP contribution in [0.1, 0.15) is 54.2 Å². The standard InChI is InChI=1S/C26H29N3O2.C2HF3O2/c1-17-12-13-20(29-25(31)26(3)14-7-15-27-26)16-23(17)24(30)28-18(2)21-11-6-9-19-8-4-5-10-22(19)21;3-2(4,5)1(6)7/h4-6,8-13,16,18,27H,7,14-15H2,1-3H3,(H,28,30)(H,29,31);(H,6,7)/t18-,26+;/m1./s1. The zero-order chi connectivity index (χ0) is 28.1. The number of rotatable bonds is 5. The minimum absolute atomic E-state index is 0.0654. The van der Waals surface area contributed by atoms with E-state index in [2.05, 4.69) is 34.1 Å². The van der Waals surface area contributed by atoms with Gasteiger partial charge in [-0.05, 0) is 74.2 Å². The molecule has 4 rings (SSSR count). The van der Waals surface area contributed by atoms with Crippen LogP contribution in [0.5, 0.6) is 0 Å². The van der Waals surface area contributed by atoms with E-state index in [1.807, 2.05) is 57.2 Å². The summed E-state index contributed by atoms with van der Waals surface area (Å²) in [5.41, 5.74) is 2.58. The van der Waals surface area contributed by atoms with E-state index < -0.39 is 17.7 Å². The minimum atomic E-state index is -5.08. The highest BCUT2D eigenvalue weighted by atomic mass is 19.4. The molecule has 1 aliphatic rings. The van der Waals surface area contributed by atoms with Gasteiger partial charge in [0, 0.05) is 11.3 Å². The lowest BCUT2D eigenvalue weighted by atomic mass is 9.98. The molecule has 3 aromatic rings. The Morgan fingerprint density at radius 3 is 2.34 bits per heavy atom. The van der Waals surface area contributed by atoms with Crippen LogP contribution in [0.3, 0.4) is 0 Å². The van der Waals surface area contributed by atoms with Crippen molar-refractivity contribution >= 4 is 34.2 Å². The van der Waals surface area contributed by atoms with Gasteiger partial charge < -0.3 is 21.1 Å². The maximum Gasteiger partial charge on any atom is 0.490 e. The molecule has 3 aromatic carbocycles. The summed E-state index contributed by atoms with van der Waals surface area (Å²) in [6.07, 6.45) is -3.29. The second-order valence-corrected chi connectivity index (χ2v) is 9.41. The molecule has 1 fully saturated rings. The SMILES string of the molecule is Cc1ccc(NC(=O)[C@]2(C)CCCN2)cc1C(=O)N[C@H](C)c1cccc2ccccc12.O=C(O)C(F)(F)F. The Balaban J connectivity index is 0.000000505. The van der Waals surface area contributed by atoms with Crippen LogP contribution < -0.4 is 16.0 Å². The molecule has 1 saturated heterocycles. The van der Waals surface area contributed by atoms with Crippen LogP contribution in [-0.4, -0.2) is 41.2 Å². The van der Waals surface area contributed by atoms with Crippen molar-refractivity contribution in [3.05, 3.63) is 77.4 Å². The smallest absolute Gasteiger partial charge is 0.475 e. The average molecular weight is 530 g/mol. The van der Waals surface area contributed by atoms with E-state index in [-0.39, 0.29) is 17.9 Å². The predicted octanol–water partition coefficient (Wildman–Crippen LogP) is 5.35. The van der Waals surface area contributed by atoms with E-state index in [0.717, 1.165) is 41.3 Å². The number of benzene rings is 3. The van der Waals surface area contributed by atoms with Gasteiger partial charge in [0.15, 0.2) is 0 Å². The molecule has 7 nitrogen and oxygen atoms in total. The predicted molar refractivity (Wildman–Crippen MR) is 139 cm³/mol. The molecule has 0 radical (unpaired) electrons. The van der Waals surface area contributed by atoms with E-state index in [1.165, 1.54) is 0 Å². The van der Waals surface area contributed by atoms with Crippen molar-refractivity contribution in [3.63, 3.8) is 0 Å². The molecule has 1 heterocycles. The Kier molecular flexibility index (Phi) is 8.78. The fourth-order valence-corrected chi connectivity index (χ4v) is 4.28. The van der Waals surface area contributed by atoms with Gasteiger partial charge in [-0.2, -0.15) is 13.2 Å². The van der Waals surface area contributed by atoms with Gasteiger partial charge in [0.25, 0.3) is 5.91 Å². The summed E-state index contributed by atoms with van der Waals surface area (Å²) in [5, 5.41) is 18.8. The molecular weight excluding hydrogens is 499 g/mol. The zero-order valence-corrected chi connectivity index (χ0v) is 21.3. The third-order valence-corrected chi connectivity index (χ3v) is 6.49. The number of carboxylic acid groups (broad SMARTS) is 1. The minimum Gasteiger partial charge on any atom is -0.475 e.